The van der Waals surface area contributed by atoms with E-state index < -0.39 is 0 Å². The highest BCUT2D eigenvalue weighted by Gasteiger charge is 2.34. The van der Waals surface area contributed by atoms with E-state index in [1.165, 1.54) is 17.5 Å². The summed E-state index contributed by atoms with van der Waals surface area (Å²) in [6.07, 6.45) is 9.97. The molecule has 166 valence electrons. The van der Waals surface area contributed by atoms with E-state index in [0.717, 1.165) is 34.1 Å². The fourth-order valence-electron chi connectivity index (χ4n) is 3.12. The Hall–Kier alpha value is -2.52. The lowest BCUT2D eigenvalue weighted by atomic mass is 9.84. The summed E-state index contributed by atoms with van der Waals surface area (Å²) in [6, 6.07) is 5.90. The molecule has 2 heterocycles. The van der Waals surface area contributed by atoms with Crippen molar-refractivity contribution in [2.75, 3.05) is 11.6 Å². The molecule has 31 heavy (non-hydrogen) atoms. The van der Waals surface area contributed by atoms with Gasteiger partial charge in [0.2, 0.25) is 0 Å². The van der Waals surface area contributed by atoms with Crippen LogP contribution >= 0.6 is 11.8 Å². The third-order valence-electron chi connectivity index (χ3n) is 4.90. The standard InChI is InChI=1S/C16H16N2OS.C9H17NO/c1-5-12-7-13-8-14(18-16(20-4)11(3)19)6-10(2)15(13)17-9-12;1-8(2,3)7-6-9(4,5)11-10-7/h1,6-9,16,18H,2-4H3;6H2,1-5H3. The summed E-state index contributed by atoms with van der Waals surface area (Å²) in [5, 5.41) is 8.05. The summed E-state index contributed by atoms with van der Waals surface area (Å²) < 4.78 is 0. The number of oxime groups is 1. The number of nitrogens with zero attached hydrogens (tertiary/aromatic N) is 2. The summed E-state index contributed by atoms with van der Waals surface area (Å²) >= 11 is 1.48. The van der Waals surface area contributed by atoms with Gasteiger partial charge in [0.15, 0.2) is 5.78 Å². The molecule has 1 aliphatic heterocycles. The van der Waals surface area contributed by atoms with Gasteiger partial charge < -0.3 is 10.2 Å². The third kappa shape index (κ3) is 6.73. The second kappa shape index (κ2) is 9.74. The molecule has 0 aliphatic carbocycles. The second-order valence-electron chi connectivity index (χ2n) is 9.42. The minimum Gasteiger partial charge on any atom is -0.389 e. The molecular formula is C25H33N3O2S. The number of nitrogens with one attached hydrogen (secondary N) is 1. The maximum Gasteiger partial charge on any atom is 0.162 e. The highest BCUT2D eigenvalue weighted by Crippen LogP contribution is 2.31. The molecule has 5 nitrogen and oxygen atoms in total. The van der Waals surface area contributed by atoms with Gasteiger partial charge in [-0.15, -0.1) is 18.2 Å². The van der Waals surface area contributed by atoms with Gasteiger partial charge in [0, 0.05) is 34.7 Å². The van der Waals surface area contributed by atoms with E-state index >= 15 is 0 Å². The third-order valence-corrected chi connectivity index (χ3v) is 5.83. The topological polar surface area (TPSA) is 63.6 Å². The minimum atomic E-state index is -0.240. The number of hydrogen-bond acceptors (Lipinski definition) is 6. The van der Waals surface area contributed by atoms with E-state index in [1.54, 1.807) is 13.1 Å². The number of Topliss-reactive ketones (excluding diaryl/α,β-unsaturated/α-hetero) is 1. The smallest absolute Gasteiger partial charge is 0.162 e. The Kier molecular flexibility index (Phi) is 7.77. The van der Waals surface area contributed by atoms with Crippen LogP contribution in [0.15, 0.2) is 29.6 Å². The number of carbonyl (C=O) groups excluding carboxylic acids is 1. The molecule has 0 spiro atoms. The summed E-state index contributed by atoms with van der Waals surface area (Å²) in [4.78, 5) is 21.2. The highest BCUT2D eigenvalue weighted by molar-refractivity contribution is 8.00. The molecule has 0 fully saturated rings. The zero-order valence-corrected chi connectivity index (χ0v) is 20.6. The van der Waals surface area contributed by atoms with Crippen LogP contribution in [0.2, 0.25) is 0 Å². The Morgan fingerprint density at radius 1 is 1.32 bits per heavy atom. The van der Waals surface area contributed by atoms with Crippen molar-refractivity contribution in [3.05, 3.63) is 35.5 Å². The summed E-state index contributed by atoms with van der Waals surface area (Å²) in [7, 11) is 0. The van der Waals surface area contributed by atoms with E-state index in [1.807, 2.05) is 31.4 Å². The van der Waals surface area contributed by atoms with Crippen molar-refractivity contribution in [3.8, 4) is 12.3 Å². The first kappa shape index (κ1) is 24.7. The maximum absolute atomic E-state index is 11.5. The number of ketones is 1. The molecule has 1 aliphatic rings. The van der Waals surface area contributed by atoms with Gasteiger partial charge in [-0.25, -0.2) is 0 Å². The number of carbonyl (C=O) groups is 1. The van der Waals surface area contributed by atoms with E-state index in [4.69, 9.17) is 11.3 Å². The molecule has 1 N–H and O–H groups in total. The Morgan fingerprint density at radius 2 is 2.00 bits per heavy atom. The fourth-order valence-corrected chi connectivity index (χ4v) is 3.71. The van der Waals surface area contributed by atoms with Gasteiger partial charge in [0.1, 0.15) is 11.0 Å². The number of hydrogen-bond donors (Lipinski definition) is 1. The molecule has 3 rings (SSSR count). The van der Waals surface area contributed by atoms with Crippen LogP contribution in [0.4, 0.5) is 5.69 Å². The van der Waals surface area contributed by atoms with E-state index in [-0.39, 0.29) is 22.2 Å². The van der Waals surface area contributed by atoms with Crippen molar-refractivity contribution in [2.24, 2.45) is 10.6 Å². The van der Waals surface area contributed by atoms with Gasteiger partial charge in [-0.1, -0.05) is 31.8 Å². The molecule has 2 aromatic rings. The predicted octanol–water partition coefficient (Wildman–Crippen LogP) is 5.80. The molecule has 1 unspecified atom stereocenters. The lowest BCUT2D eigenvalue weighted by Crippen LogP contribution is -2.25. The van der Waals surface area contributed by atoms with Crippen LogP contribution < -0.4 is 5.32 Å². The first-order valence-corrected chi connectivity index (χ1v) is 11.6. The number of benzene rings is 1. The quantitative estimate of drug-likeness (QED) is 0.482. The van der Waals surface area contributed by atoms with Crippen LogP contribution in [0.25, 0.3) is 10.9 Å². The number of rotatable bonds is 4. The molecule has 1 atom stereocenters. The number of fused-ring (bicyclic) bond motifs is 1. The van der Waals surface area contributed by atoms with Crippen molar-refractivity contribution < 1.29 is 9.63 Å². The molecule has 0 bridgehead atoms. The largest absolute Gasteiger partial charge is 0.389 e. The Morgan fingerprint density at radius 3 is 2.45 bits per heavy atom. The van der Waals surface area contributed by atoms with Crippen molar-refractivity contribution in [2.45, 2.75) is 65.9 Å². The first-order valence-electron chi connectivity index (χ1n) is 10.3. The molecular weight excluding hydrogens is 406 g/mol. The molecule has 0 amide bonds. The number of pyridine rings is 1. The highest BCUT2D eigenvalue weighted by atomic mass is 32.2. The fraction of sp³-hybridized carbons (Fsp3) is 0.480. The summed E-state index contributed by atoms with van der Waals surface area (Å²) in [5.74, 6) is 2.69. The van der Waals surface area contributed by atoms with Crippen LogP contribution in [0.1, 0.15) is 59.1 Å². The van der Waals surface area contributed by atoms with Crippen LogP contribution in [-0.2, 0) is 9.63 Å². The zero-order valence-electron chi connectivity index (χ0n) is 19.8. The van der Waals surface area contributed by atoms with Crippen molar-refractivity contribution >= 4 is 39.8 Å². The van der Waals surface area contributed by atoms with Gasteiger partial charge in [-0.05, 0) is 57.7 Å². The van der Waals surface area contributed by atoms with E-state index in [2.05, 4.69) is 56.0 Å². The number of terminal acetylenes is 1. The average molecular weight is 440 g/mol. The molecule has 6 heteroatoms. The van der Waals surface area contributed by atoms with Gasteiger partial charge in [-0.3, -0.25) is 9.78 Å². The Bertz CT molecular complexity index is 1030. The van der Waals surface area contributed by atoms with Crippen molar-refractivity contribution in [3.63, 3.8) is 0 Å². The molecule has 0 radical (unpaired) electrons. The van der Waals surface area contributed by atoms with Gasteiger partial charge in [0.05, 0.1) is 11.2 Å². The molecule has 1 aromatic carbocycles. The predicted molar refractivity (Wildman–Crippen MR) is 133 cm³/mol. The molecule has 0 saturated carbocycles. The minimum absolute atomic E-state index is 0.0807. The van der Waals surface area contributed by atoms with Crippen molar-refractivity contribution in [1.82, 2.24) is 4.98 Å². The molecule has 1 aromatic heterocycles. The normalized spacial score (nSPS) is 15.8. The monoisotopic (exact) mass is 439 g/mol. The Balaban J connectivity index is 0.000000262. The van der Waals surface area contributed by atoms with Gasteiger partial charge in [0.25, 0.3) is 0 Å². The number of aryl methyl sites for hydroxylation is 1. The first-order chi connectivity index (χ1) is 14.4. The number of aromatic nitrogens is 1. The summed E-state index contributed by atoms with van der Waals surface area (Å²) in [6.45, 7) is 14.2. The molecule has 0 saturated heterocycles. The average Bonchev–Trinajstić information content (AvgIpc) is 3.06. The number of anilines is 1. The maximum atomic E-state index is 11.5. The van der Waals surface area contributed by atoms with E-state index in [0.29, 0.717) is 0 Å². The van der Waals surface area contributed by atoms with Crippen LogP contribution in [0.3, 0.4) is 0 Å². The lowest BCUT2D eigenvalue weighted by Gasteiger charge is -2.19. The second-order valence-corrected chi connectivity index (χ2v) is 10.4. The van der Waals surface area contributed by atoms with Crippen LogP contribution in [0, 0.1) is 24.7 Å². The summed E-state index contributed by atoms with van der Waals surface area (Å²) in [5.41, 5.74) is 4.89. The Labute approximate surface area is 190 Å². The zero-order chi connectivity index (χ0) is 23.4. The lowest BCUT2D eigenvalue weighted by molar-refractivity contribution is -0.116. The van der Waals surface area contributed by atoms with Crippen LogP contribution in [0.5, 0.6) is 0 Å². The van der Waals surface area contributed by atoms with Gasteiger partial charge in [-0.2, -0.15) is 0 Å². The van der Waals surface area contributed by atoms with Crippen LogP contribution in [-0.4, -0.2) is 33.7 Å². The van der Waals surface area contributed by atoms with Crippen molar-refractivity contribution in [1.29, 1.82) is 0 Å². The van der Waals surface area contributed by atoms with Gasteiger partial charge >= 0.3 is 0 Å². The SMILES string of the molecule is C#Cc1cnc2c(C)cc(NC(SC)C(C)=O)cc2c1.CC1(C)CC(C(C)(C)C)=NO1. The number of thioether (sulfide) groups is 1. The van der Waals surface area contributed by atoms with E-state index in [9.17, 15) is 4.79 Å².